The second-order valence-corrected chi connectivity index (χ2v) is 13.4. The van der Waals surface area contributed by atoms with Crippen molar-refractivity contribution in [3.63, 3.8) is 0 Å². The Labute approximate surface area is 248 Å². The van der Waals surface area contributed by atoms with Crippen LogP contribution in [0.5, 0.6) is 0 Å². The minimum atomic E-state index is -0.339. The molecule has 0 saturated carbocycles. The minimum Gasteiger partial charge on any atom is -0.469 e. The summed E-state index contributed by atoms with van der Waals surface area (Å²) >= 11 is 0. The molecule has 0 spiro atoms. The van der Waals surface area contributed by atoms with Crippen molar-refractivity contribution in [1.82, 2.24) is 14.7 Å². The molecule has 2 aromatic rings. The topological polar surface area (TPSA) is 76.8 Å². The number of nitrogens with zero attached hydrogens (tertiary/aromatic N) is 4. The number of aromatic nitrogens is 2. The molecule has 0 bridgehead atoms. The van der Waals surface area contributed by atoms with Crippen molar-refractivity contribution < 1.29 is 14.3 Å². The van der Waals surface area contributed by atoms with Crippen molar-refractivity contribution in [2.75, 3.05) is 20.2 Å². The lowest BCUT2D eigenvalue weighted by Gasteiger charge is -2.32. The number of carbonyl (C=O) groups is 2. The minimum absolute atomic E-state index is 0.0503. The van der Waals surface area contributed by atoms with Crippen molar-refractivity contribution in [1.29, 1.82) is 0 Å². The average molecular weight is 579 g/mol. The van der Waals surface area contributed by atoms with Gasteiger partial charge in [-0.25, -0.2) is 4.99 Å². The fourth-order valence-electron chi connectivity index (χ4n) is 5.91. The SMILES string of the molecule is C=S1C=C(c2ccc(CC)c(C(C)(C)CCCC)c2)N=C1C1CCN(C(=O)Cn2nc(CC(=O)OC)cc2C)CC1. The number of esters is 1. The third-order valence-corrected chi connectivity index (χ3v) is 9.96. The van der Waals surface area contributed by atoms with Gasteiger partial charge >= 0.3 is 5.97 Å². The molecule has 1 fully saturated rings. The molecule has 2 aliphatic heterocycles. The second-order valence-electron chi connectivity index (χ2n) is 11.9. The van der Waals surface area contributed by atoms with E-state index in [1.54, 1.807) is 4.68 Å². The third-order valence-electron chi connectivity index (χ3n) is 8.49. The van der Waals surface area contributed by atoms with Crippen LogP contribution in [-0.4, -0.2) is 57.7 Å². The molecule has 8 heteroatoms. The number of unbranched alkanes of at least 4 members (excludes halogenated alkanes) is 1. The molecule has 0 N–H and O–H groups in total. The van der Waals surface area contributed by atoms with Crippen molar-refractivity contribution in [2.24, 2.45) is 10.9 Å². The van der Waals surface area contributed by atoms with Gasteiger partial charge in [0.25, 0.3) is 0 Å². The van der Waals surface area contributed by atoms with Gasteiger partial charge < -0.3 is 9.64 Å². The van der Waals surface area contributed by atoms with Gasteiger partial charge in [0.2, 0.25) is 5.91 Å². The summed E-state index contributed by atoms with van der Waals surface area (Å²) in [5, 5.41) is 7.85. The highest BCUT2D eigenvalue weighted by molar-refractivity contribution is 8.29. The zero-order valence-electron chi connectivity index (χ0n) is 25.7. The van der Waals surface area contributed by atoms with E-state index in [1.807, 2.05) is 17.9 Å². The Kier molecular flexibility index (Phi) is 10.1. The third kappa shape index (κ3) is 7.26. The molecular formula is C33H46N4O3S. The molecule has 222 valence electrons. The lowest BCUT2D eigenvalue weighted by atomic mass is 9.76. The first-order valence-corrected chi connectivity index (χ1v) is 16.4. The van der Waals surface area contributed by atoms with E-state index in [0.717, 1.165) is 30.7 Å². The van der Waals surface area contributed by atoms with Crippen LogP contribution in [0.15, 0.2) is 34.7 Å². The Morgan fingerprint density at radius 3 is 2.56 bits per heavy atom. The van der Waals surface area contributed by atoms with E-state index in [-0.39, 0.29) is 40.7 Å². The molecule has 1 aromatic carbocycles. The maximum Gasteiger partial charge on any atom is 0.311 e. The van der Waals surface area contributed by atoms with Gasteiger partial charge in [0.1, 0.15) is 6.54 Å². The molecular weight excluding hydrogens is 532 g/mol. The maximum absolute atomic E-state index is 13.1. The number of likely N-dealkylation sites (tertiary alicyclic amines) is 1. The van der Waals surface area contributed by atoms with Gasteiger partial charge in [-0.05, 0) is 66.7 Å². The number of methoxy groups -OCH3 is 1. The number of ether oxygens (including phenoxy) is 1. The van der Waals surface area contributed by atoms with Crippen molar-refractivity contribution in [3.05, 3.63) is 57.8 Å². The first-order valence-electron chi connectivity index (χ1n) is 14.9. The van der Waals surface area contributed by atoms with Crippen LogP contribution >= 0.6 is 10.5 Å². The monoisotopic (exact) mass is 578 g/mol. The summed E-state index contributed by atoms with van der Waals surface area (Å²) in [4.78, 5) is 31.8. The largest absolute Gasteiger partial charge is 0.469 e. The quantitative estimate of drug-likeness (QED) is 0.232. The molecule has 1 saturated heterocycles. The van der Waals surface area contributed by atoms with Gasteiger partial charge in [-0.2, -0.15) is 5.10 Å². The van der Waals surface area contributed by atoms with Crippen LogP contribution in [0, 0.1) is 12.8 Å². The zero-order valence-corrected chi connectivity index (χ0v) is 26.5. The smallest absolute Gasteiger partial charge is 0.311 e. The Bertz CT molecular complexity index is 1360. The number of hydrogen-bond acceptors (Lipinski definition) is 5. The molecule has 3 heterocycles. The molecule has 1 atom stereocenters. The van der Waals surface area contributed by atoms with Gasteiger partial charge in [0.05, 0.1) is 30.0 Å². The maximum atomic E-state index is 13.1. The molecule has 0 aliphatic carbocycles. The highest BCUT2D eigenvalue weighted by Crippen LogP contribution is 2.40. The highest BCUT2D eigenvalue weighted by atomic mass is 32.2. The lowest BCUT2D eigenvalue weighted by molar-refractivity contribution is -0.139. The normalized spacial score (nSPS) is 17.9. The van der Waals surface area contributed by atoms with Crippen molar-refractivity contribution >= 4 is 39.0 Å². The molecule has 41 heavy (non-hydrogen) atoms. The van der Waals surface area contributed by atoms with Gasteiger partial charge in [-0.15, -0.1) is 10.5 Å². The van der Waals surface area contributed by atoms with E-state index in [1.165, 1.54) is 48.1 Å². The number of benzene rings is 1. The van der Waals surface area contributed by atoms with Gasteiger partial charge in [0, 0.05) is 30.3 Å². The van der Waals surface area contributed by atoms with E-state index < -0.39 is 0 Å². The molecule has 7 nitrogen and oxygen atoms in total. The van der Waals surface area contributed by atoms with Crippen LogP contribution in [0.1, 0.15) is 87.9 Å². The Morgan fingerprint density at radius 2 is 1.90 bits per heavy atom. The van der Waals surface area contributed by atoms with Crippen LogP contribution in [-0.2, 0) is 39.1 Å². The lowest BCUT2D eigenvalue weighted by Crippen LogP contribution is -2.41. The first kappa shape index (κ1) is 30.9. The van der Waals surface area contributed by atoms with Gasteiger partial charge in [0.15, 0.2) is 0 Å². The van der Waals surface area contributed by atoms with Crippen LogP contribution in [0.2, 0.25) is 0 Å². The van der Waals surface area contributed by atoms with E-state index in [4.69, 9.17) is 9.73 Å². The van der Waals surface area contributed by atoms with Crippen LogP contribution in [0.4, 0.5) is 0 Å². The summed E-state index contributed by atoms with van der Waals surface area (Å²) in [6, 6.07) is 8.72. The summed E-state index contributed by atoms with van der Waals surface area (Å²) in [6.45, 7) is 12.7. The molecule has 0 radical (unpaired) electrons. The van der Waals surface area contributed by atoms with E-state index in [9.17, 15) is 9.59 Å². The highest BCUT2D eigenvalue weighted by Gasteiger charge is 2.30. The first-order chi connectivity index (χ1) is 19.6. The Morgan fingerprint density at radius 1 is 1.17 bits per heavy atom. The number of carbonyl (C=O) groups excluding carboxylic acids is 2. The molecule has 1 amide bonds. The van der Waals surface area contributed by atoms with E-state index in [2.05, 4.69) is 62.3 Å². The fourth-order valence-corrected chi connectivity index (χ4v) is 7.37. The average Bonchev–Trinajstić information content (AvgIpc) is 3.52. The summed E-state index contributed by atoms with van der Waals surface area (Å²) in [5.74, 6) is 4.51. The van der Waals surface area contributed by atoms with Crippen LogP contribution in [0.25, 0.3) is 5.70 Å². The predicted octanol–water partition coefficient (Wildman–Crippen LogP) is 6.29. The van der Waals surface area contributed by atoms with E-state index in [0.29, 0.717) is 24.7 Å². The van der Waals surface area contributed by atoms with E-state index >= 15 is 0 Å². The molecule has 2 aliphatic rings. The zero-order chi connectivity index (χ0) is 29.7. The fraction of sp³-hybridized carbons (Fsp3) is 0.545. The van der Waals surface area contributed by atoms with Crippen LogP contribution in [0.3, 0.4) is 0 Å². The van der Waals surface area contributed by atoms with Gasteiger partial charge in [-0.3, -0.25) is 14.3 Å². The number of piperidine rings is 1. The molecule has 1 aromatic heterocycles. The van der Waals surface area contributed by atoms with Gasteiger partial charge in [-0.1, -0.05) is 58.5 Å². The number of aryl methyl sites for hydroxylation is 2. The number of rotatable bonds is 11. The summed E-state index contributed by atoms with van der Waals surface area (Å²) < 4.78 is 6.41. The summed E-state index contributed by atoms with van der Waals surface area (Å²) in [5.41, 5.74) is 6.70. The summed E-state index contributed by atoms with van der Waals surface area (Å²) in [7, 11) is 1.11. The predicted molar refractivity (Wildman–Crippen MR) is 170 cm³/mol. The Hall–Kier alpha value is -3.00. The number of amides is 1. The molecule has 1 unspecified atom stereocenters. The number of hydrogen-bond donors (Lipinski definition) is 0. The van der Waals surface area contributed by atoms with Crippen molar-refractivity contribution in [2.45, 2.75) is 91.5 Å². The standard InChI is InChI=1S/C33H46N4O3S/c1-8-10-15-33(4,5)28-19-26(12-11-24(28)9-2)29-22-41(7)32(34-29)25-13-16-36(17-14-25)30(38)21-37-23(3)18-27(35-37)20-31(39)40-6/h11-12,18-19,22,25H,7-10,13-17,20-21H2,1-6H3. The second kappa shape index (κ2) is 13.3. The van der Waals surface area contributed by atoms with Crippen molar-refractivity contribution in [3.8, 4) is 0 Å². The Balaban J connectivity index is 1.40. The summed E-state index contributed by atoms with van der Waals surface area (Å²) in [6.07, 6.45) is 6.53. The molecule has 4 rings (SSSR count). The van der Waals surface area contributed by atoms with Crippen LogP contribution < -0.4 is 0 Å². The number of aliphatic imine (C=N–C) groups is 1.